The second-order valence-corrected chi connectivity index (χ2v) is 9.38. The summed E-state index contributed by atoms with van der Waals surface area (Å²) in [7, 11) is 3.92. The van der Waals surface area contributed by atoms with Crippen LogP contribution in [0.3, 0.4) is 0 Å². The van der Waals surface area contributed by atoms with Crippen molar-refractivity contribution < 1.29 is 4.79 Å². The lowest BCUT2D eigenvalue weighted by atomic mass is 10.0. The molecule has 7 heteroatoms. The molecular formula is C23H33N5OS. The second-order valence-electron chi connectivity index (χ2n) is 8.43. The molecule has 0 aromatic carbocycles. The fraction of sp³-hybridized carbons (Fsp3) is 0.565. The van der Waals surface area contributed by atoms with Crippen LogP contribution in [0.1, 0.15) is 30.1 Å². The van der Waals surface area contributed by atoms with Crippen LogP contribution in [0.2, 0.25) is 0 Å². The van der Waals surface area contributed by atoms with Crippen molar-refractivity contribution >= 4 is 23.1 Å². The molecular weight excluding hydrogens is 394 g/mol. The quantitative estimate of drug-likeness (QED) is 0.734. The van der Waals surface area contributed by atoms with Gasteiger partial charge in [-0.25, -0.2) is 4.98 Å². The Morgan fingerprint density at radius 2 is 1.83 bits per heavy atom. The molecule has 2 saturated heterocycles. The van der Waals surface area contributed by atoms with E-state index in [4.69, 9.17) is 4.98 Å². The number of carbonyl (C=O) groups is 1. The summed E-state index contributed by atoms with van der Waals surface area (Å²) < 4.78 is 0. The van der Waals surface area contributed by atoms with Gasteiger partial charge in [-0.1, -0.05) is 13.0 Å². The molecule has 6 nitrogen and oxygen atoms in total. The van der Waals surface area contributed by atoms with Crippen molar-refractivity contribution in [1.29, 1.82) is 0 Å². The Balaban J connectivity index is 1.41. The SMILES string of the molecule is CCN1CCN(C2CCN(C(=O)c3ccc(-c4cccs4)nc3N(C)C)CC2)CC1. The number of nitrogens with zero attached hydrogens (tertiary/aromatic N) is 5. The zero-order chi connectivity index (χ0) is 21.1. The minimum Gasteiger partial charge on any atom is -0.362 e. The van der Waals surface area contributed by atoms with Crippen LogP contribution < -0.4 is 4.90 Å². The van der Waals surface area contributed by atoms with Gasteiger partial charge in [0.1, 0.15) is 5.82 Å². The van der Waals surface area contributed by atoms with Crippen LogP contribution in [-0.2, 0) is 0 Å². The lowest BCUT2D eigenvalue weighted by Gasteiger charge is -2.42. The molecule has 1 amide bonds. The standard InChI is InChI=1S/C23H33N5OS/c1-4-26-13-15-27(16-14-26)18-9-11-28(12-10-18)23(29)19-7-8-20(21-6-5-17-30-21)24-22(19)25(2)3/h5-8,17-18H,4,9-16H2,1-3H3. The van der Waals surface area contributed by atoms with Crippen molar-refractivity contribution in [2.24, 2.45) is 0 Å². The molecule has 0 spiro atoms. The van der Waals surface area contributed by atoms with E-state index in [0.29, 0.717) is 11.6 Å². The molecule has 0 atom stereocenters. The Labute approximate surface area is 184 Å². The van der Waals surface area contributed by atoms with Crippen molar-refractivity contribution in [2.75, 3.05) is 64.8 Å². The number of pyridine rings is 1. The zero-order valence-electron chi connectivity index (χ0n) is 18.4. The minimum absolute atomic E-state index is 0.109. The topological polar surface area (TPSA) is 42.9 Å². The number of hydrogen-bond donors (Lipinski definition) is 0. The van der Waals surface area contributed by atoms with Crippen LogP contribution in [0.15, 0.2) is 29.6 Å². The normalized spacial score (nSPS) is 19.2. The molecule has 2 aliphatic rings. The van der Waals surface area contributed by atoms with E-state index in [0.717, 1.165) is 62.0 Å². The van der Waals surface area contributed by atoms with Gasteiger partial charge in [-0.2, -0.15) is 0 Å². The van der Waals surface area contributed by atoms with E-state index in [1.54, 1.807) is 11.3 Å². The average Bonchev–Trinajstić information content (AvgIpc) is 3.33. The molecule has 2 aliphatic heterocycles. The Morgan fingerprint density at radius 3 is 2.43 bits per heavy atom. The number of likely N-dealkylation sites (tertiary alicyclic amines) is 1. The summed E-state index contributed by atoms with van der Waals surface area (Å²) in [6.07, 6.45) is 2.13. The van der Waals surface area contributed by atoms with E-state index < -0.39 is 0 Å². The number of amides is 1. The maximum atomic E-state index is 13.3. The van der Waals surface area contributed by atoms with Crippen molar-refractivity contribution in [2.45, 2.75) is 25.8 Å². The summed E-state index contributed by atoms with van der Waals surface area (Å²) in [4.78, 5) is 28.4. The highest BCUT2D eigenvalue weighted by atomic mass is 32.1. The highest BCUT2D eigenvalue weighted by Gasteiger charge is 2.30. The monoisotopic (exact) mass is 427 g/mol. The molecule has 0 aliphatic carbocycles. The third-order valence-electron chi connectivity index (χ3n) is 6.42. The van der Waals surface area contributed by atoms with Crippen LogP contribution >= 0.6 is 11.3 Å². The lowest BCUT2D eigenvalue weighted by Crippen LogP contribution is -2.53. The average molecular weight is 428 g/mol. The first-order valence-electron chi connectivity index (χ1n) is 11.0. The smallest absolute Gasteiger partial charge is 0.257 e. The fourth-order valence-corrected chi connectivity index (χ4v) is 5.26. The van der Waals surface area contributed by atoms with Gasteiger partial charge in [0.2, 0.25) is 0 Å². The first-order valence-corrected chi connectivity index (χ1v) is 11.9. The highest BCUT2D eigenvalue weighted by Crippen LogP contribution is 2.28. The second kappa shape index (κ2) is 9.45. The molecule has 30 heavy (non-hydrogen) atoms. The largest absolute Gasteiger partial charge is 0.362 e. The van der Waals surface area contributed by atoms with Gasteiger partial charge in [-0.15, -0.1) is 11.3 Å². The van der Waals surface area contributed by atoms with Crippen LogP contribution in [0.4, 0.5) is 5.82 Å². The number of likely N-dealkylation sites (N-methyl/N-ethyl adjacent to an activating group) is 1. The predicted molar refractivity (Wildman–Crippen MR) is 124 cm³/mol. The Kier molecular flexibility index (Phi) is 6.71. The number of carbonyl (C=O) groups excluding carboxylic acids is 1. The van der Waals surface area contributed by atoms with Gasteiger partial charge in [0.05, 0.1) is 16.1 Å². The van der Waals surface area contributed by atoms with Crippen molar-refractivity contribution in [3.8, 4) is 10.6 Å². The first-order chi connectivity index (χ1) is 14.6. The molecule has 162 valence electrons. The number of rotatable bonds is 5. The van der Waals surface area contributed by atoms with Crippen molar-refractivity contribution in [3.63, 3.8) is 0 Å². The number of thiophene rings is 1. The van der Waals surface area contributed by atoms with Crippen LogP contribution in [0, 0.1) is 0 Å². The third kappa shape index (κ3) is 4.53. The van der Waals surface area contributed by atoms with Gasteiger partial charge in [-0.05, 0) is 43.0 Å². The molecule has 4 heterocycles. The van der Waals surface area contributed by atoms with Crippen LogP contribution in [0.5, 0.6) is 0 Å². The Bertz CT molecular complexity index is 837. The maximum absolute atomic E-state index is 13.3. The highest BCUT2D eigenvalue weighted by molar-refractivity contribution is 7.13. The molecule has 4 rings (SSSR count). The van der Waals surface area contributed by atoms with E-state index in [2.05, 4.69) is 28.2 Å². The predicted octanol–water partition coefficient (Wildman–Crippen LogP) is 3.12. The Morgan fingerprint density at radius 1 is 1.10 bits per heavy atom. The molecule has 0 radical (unpaired) electrons. The molecule has 2 fully saturated rings. The van der Waals surface area contributed by atoms with Crippen molar-refractivity contribution in [1.82, 2.24) is 19.7 Å². The number of aromatic nitrogens is 1. The molecule has 0 unspecified atom stereocenters. The third-order valence-corrected chi connectivity index (χ3v) is 7.32. The zero-order valence-corrected chi connectivity index (χ0v) is 19.2. The summed E-state index contributed by atoms with van der Waals surface area (Å²) in [5, 5.41) is 2.05. The van der Waals surface area contributed by atoms with E-state index in [9.17, 15) is 4.79 Å². The fourth-order valence-electron chi connectivity index (χ4n) is 4.57. The van der Waals surface area contributed by atoms with E-state index in [-0.39, 0.29) is 5.91 Å². The first kappa shape index (κ1) is 21.3. The number of anilines is 1. The van der Waals surface area contributed by atoms with Crippen LogP contribution in [-0.4, -0.2) is 91.5 Å². The van der Waals surface area contributed by atoms with Gasteiger partial charge in [-0.3, -0.25) is 9.69 Å². The Hall–Kier alpha value is -1.96. The summed E-state index contributed by atoms with van der Waals surface area (Å²) in [6, 6.07) is 8.64. The minimum atomic E-state index is 0.109. The molecule has 0 saturated carbocycles. The molecule has 2 aromatic rings. The number of piperidine rings is 1. The van der Waals surface area contributed by atoms with E-state index in [1.165, 1.54) is 13.1 Å². The number of hydrogen-bond acceptors (Lipinski definition) is 6. The van der Waals surface area contributed by atoms with Crippen LogP contribution in [0.25, 0.3) is 10.6 Å². The summed E-state index contributed by atoms with van der Waals surface area (Å²) in [5.41, 5.74) is 1.63. The van der Waals surface area contributed by atoms with Gasteiger partial charge >= 0.3 is 0 Å². The van der Waals surface area contributed by atoms with Gasteiger partial charge < -0.3 is 14.7 Å². The van der Waals surface area contributed by atoms with E-state index >= 15 is 0 Å². The molecule has 0 bridgehead atoms. The number of piperazine rings is 1. The molecule has 0 N–H and O–H groups in total. The van der Waals surface area contributed by atoms with E-state index in [1.807, 2.05) is 42.1 Å². The van der Waals surface area contributed by atoms with Gasteiger partial charge in [0.25, 0.3) is 5.91 Å². The lowest BCUT2D eigenvalue weighted by molar-refractivity contribution is 0.0490. The summed E-state index contributed by atoms with van der Waals surface area (Å²) in [6.45, 7) is 9.71. The van der Waals surface area contributed by atoms with Crippen molar-refractivity contribution in [3.05, 3.63) is 35.2 Å². The van der Waals surface area contributed by atoms with Gasteiger partial charge in [0, 0.05) is 59.4 Å². The molecule has 2 aromatic heterocycles. The summed E-state index contributed by atoms with van der Waals surface area (Å²) in [5.74, 6) is 0.863. The maximum Gasteiger partial charge on any atom is 0.257 e. The van der Waals surface area contributed by atoms with Gasteiger partial charge in [0.15, 0.2) is 0 Å². The summed E-state index contributed by atoms with van der Waals surface area (Å²) >= 11 is 1.67.